The minimum atomic E-state index is -0.242. The Morgan fingerprint density at radius 2 is 2.10 bits per heavy atom. The quantitative estimate of drug-likeness (QED) is 0.462. The molecule has 21 heavy (non-hydrogen) atoms. The Bertz CT molecular complexity index is 678. The van der Waals surface area contributed by atoms with E-state index in [2.05, 4.69) is 6.07 Å². The highest BCUT2D eigenvalue weighted by molar-refractivity contribution is 7.11. The third kappa shape index (κ3) is 4.04. The van der Waals surface area contributed by atoms with Crippen molar-refractivity contribution in [2.75, 3.05) is 0 Å². The molecule has 4 heteroatoms. The third-order valence-electron chi connectivity index (χ3n) is 2.91. The van der Waals surface area contributed by atoms with E-state index in [4.69, 9.17) is 10.00 Å². The molecule has 0 amide bonds. The smallest absolute Gasteiger partial charge is 0.311 e. The van der Waals surface area contributed by atoms with Crippen LogP contribution in [-0.4, -0.2) is 5.97 Å². The van der Waals surface area contributed by atoms with Crippen LogP contribution in [-0.2, 0) is 4.79 Å². The lowest BCUT2D eigenvalue weighted by Crippen LogP contribution is -2.06. The van der Waals surface area contributed by atoms with Crippen LogP contribution in [0, 0.1) is 11.3 Å². The molecule has 0 unspecified atom stereocenters. The Labute approximate surface area is 128 Å². The number of hydrogen-bond donors (Lipinski definition) is 0. The molecule has 2 rings (SSSR count). The van der Waals surface area contributed by atoms with Crippen LogP contribution in [0.1, 0.15) is 24.6 Å². The molecule has 3 nitrogen and oxygen atoms in total. The summed E-state index contributed by atoms with van der Waals surface area (Å²) >= 11 is 1.42. The Hall–Kier alpha value is -2.38. The highest BCUT2D eigenvalue weighted by Gasteiger charge is 2.07. The van der Waals surface area contributed by atoms with E-state index in [1.165, 1.54) is 11.3 Å². The molecule has 0 aliphatic rings. The first-order chi connectivity index (χ1) is 10.2. The second-order valence-electron chi connectivity index (χ2n) is 4.38. The van der Waals surface area contributed by atoms with Crippen molar-refractivity contribution in [3.8, 4) is 22.9 Å². The van der Waals surface area contributed by atoms with Gasteiger partial charge in [0.2, 0.25) is 0 Å². The SMILES string of the molecule is CC=CCCC(=O)Oc1ccc(-c2ccsc2C#N)cc1. The molecule has 0 saturated carbocycles. The number of hydrogen-bond acceptors (Lipinski definition) is 4. The summed E-state index contributed by atoms with van der Waals surface area (Å²) in [6.45, 7) is 1.92. The lowest BCUT2D eigenvalue weighted by atomic mass is 10.1. The van der Waals surface area contributed by atoms with Gasteiger partial charge in [0.15, 0.2) is 0 Å². The molecule has 0 aliphatic carbocycles. The maximum absolute atomic E-state index is 11.6. The number of carbonyl (C=O) groups excluding carboxylic acids is 1. The summed E-state index contributed by atoms with van der Waals surface area (Å²) in [5, 5.41) is 10.9. The first-order valence-electron chi connectivity index (χ1n) is 6.64. The maximum atomic E-state index is 11.6. The van der Waals surface area contributed by atoms with E-state index in [0.717, 1.165) is 11.1 Å². The summed E-state index contributed by atoms with van der Waals surface area (Å²) in [5.41, 5.74) is 1.86. The predicted octanol–water partition coefficient (Wildman–Crippen LogP) is 4.55. The van der Waals surface area contributed by atoms with Crippen LogP contribution in [0.25, 0.3) is 11.1 Å². The Morgan fingerprint density at radius 3 is 2.76 bits per heavy atom. The van der Waals surface area contributed by atoms with Gasteiger partial charge in [-0.15, -0.1) is 11.3 Å². The second kappa shape index (κ2) is 7.41. The monoisotopic (exact) mass is 297 g/mol. The topological polar surface area (TPSA) is 50.1 Å². The van der Waals surface area contributed by atoms with Gasteiger partial charge in [-0.3, -0.25) is 4.79 Å². The van der Waals surface area contributed by atoms with E-state index < -0.39 is 0 Å². The van der Waals surface area contributed by atoms with Crippen LogP contribution < -0.4 is 4.74 Å². The van der Waals surface area contributed by atoms with Crippen LogP contribution >= 0.6 is 11.3 Å². The van der Waals surface area contributed by atoms with Gasteiger partial charge in [0, 0.05) is 12.0 Å². The molecule has 0 saturated heterocycles. The Kier molecular flexibility index (Phi) is 5.30. The fourth-order valence-electron chi connectivity index (χ4n) is 1.88. The number of nitrogens with zero attached hydrogens (tertiary/aromatic N) is 1. The molecule has 0 atom stereocenters. The highest BCUT2D eigenvalue weighted by Crippen LogP contribution is 2.29. The summed E-state index contributed by atoms with van der Waals surface area (Å²) in [6, 6.07) is 11.3. The number of ether oxygens (including phenoxy) is 1. The average molecular weight is 297 g/mol. The normalized spacial score (nSPS) is 10.5. The van der Waals surface area contributed by atoms with E-state index >= 15 is 0 Å². The molecule has 2 aromatic rings. The van der Waals surface area contributed by atoms with Crippen molar-refractivity contribution in [2.24, 2.45) is 0 Å². The fourth-order valence-corrected chi connectivity index (χ4v) is 2.58. The zero-order chi connectivity index (χ0) is 15.1. The van der Waals surface area contributed by atoms with Gasteiger partial charge in [-0.05, 0) is 42.5 Å². The number of rotatable bonds is 5. The van der Waals surface area contributed by atoms with Gasteiger partial charge >= 0.3 is 5.97 Å². The third-order valence-corrected chi connectivity index (χ3v) is 3.73. The van der Waals surface area contributed by atoms with Crippen molar-refractivity contribution in [3.05, 3.63) is 52.7 Å². The number of carbonyl (C=O) groups is 1. The van der Waals surface area contributed by atoms with E-state index in [-0.39, 0.29) is 5.97 Å². The van der Waals surface area contributed by atoms with Gasteiger partial charge in [0.1, 0.15) is 16.7 Å². The van der Waals surface area contributed by atoms with Crippen molar-refractivity contribution in [2.45, 2.75) is 19.8 Å². The van der Waals surface area contributed by atoms with Crippen LogP contribution in [0.5, 0.6) is 5.75 Å². The summed E-state index contributed by atoms with van der Waals surface area (Å²) in [4.78, 5) is 12.3. The summed E-state index contributed by atoms with van der Waals surface area (Å²) < 4.78 is 5.25. The predicted molar refractivity (Wildman–Crippen MR) is 84.2 cm³/mol. The second-order valence-corrected chi connectivity index (χ2v) is 5.30. The van der Waals surface area contributed by atoms with Crippen LogP contribution in [0.2, 0.25) is 0 Å². The number of benzene rings is 1. The first kappa shape index (κ1) is 15.0. The molecule has 1 aromatic carbocycles. The minimum Gasteiger partial charge on any atom is -0.427 e. The lowest BCUT2D eigenvalue weighted by Gasteiger charge is -2.05. The molecule has 0 aliphatic heterocycles. The van der Waals surface area contributed by atoms with Crippen molar-refractivity contribution in [1.82, 2.24) is 0 Å². The van der Waals surface area contributed by atoms with Crippen molar-refractivity contribution in [1.29, 1.82) is 5.26 Å². The zero-order valence-corrected chi connectivity index (χ0v) is 12.5. The summed E-state index contributed by atoms with van der Waals surface area (Å²) in [7, 11) is 0. The van der Waals surface area contributed by atoms with Gasteiger partial charge < -0.3 is 4.74 Å². The molecule has 0 radical (unpaired) electrons. The van der Waals surface area contributed by atoms with Crippen LogP contribution in [0.4, 0.5) is 0 Å². The van der Waals surface area contributed by atoms with Crippen LogP contribution in [0.15, 0.2) is 47.9 Å². The van der Waals surface area contributed by atoms with Gasteiger partial charge in [-0.1, -0.05) is 24.3 Å². The van der Waals surface area contributed by atoms with Gasteiger partial charge in [0.25, 0.3) is 0 Å². The van der Waals surface area contributed by atoms with Gasteiger partial charge in [-0.2, -0.15) is 5.26 Å². The van der Waals surface area contributed by atoms with Crippen molar-refractivity contribution < 1.29 is 9.53 Å². The molecule has 0 bridgehead atoms. The fraction of sp³-hybridized carbons (Fsp3) is 0.176. The van der Waals surface area contributed by atoms with E-state index in [9.17, 15) is 4.79 Å². The zero-order valence-electron chi connectivity index (χ0n) is 11.7. The number of allylic oxidation sites excluding steroid dienone is 2. The highest BCUT2D eigenvalue weighted by atomic mass is 32.1. The maximum Gasteiger partial charge on any atom is 0.311 e. The molecule has 1 heterocycles. The molecule has 0 fully saturated rings. The van der Waals surface area contributed by atoms with Crippen molar-refractivity contribution >= 4 is 17.3 Å². The number of thiophene rings is 1. The van der Waals surface area contributed by atoms with Crippen molar-refractivity contribution in [3.63, 3.8) is 0 Å². The molecule has 106 valence electrons. The van der Waals surface area contributed by atoms with Crippen LogP contribution in [0.3, 0.4) is 0 Å². The Balaban J connectivity index is 2.03. The standard InChI is InChI=1S/C17H15NO2S/c1-2-3-4-5-17(19)20-14-8-6-13(7-9-14)15-10-11-21-16(15)12-18/h2-3,6-11H,4-5H2,1H3. The van der Waals surface area contributed by atoms with E-state index in [1.54, 1.807) is 12.1 Å². The summed E-state index contributed by atoms with van der Waals surface area (Å²) in [6.07, 6.45) is 4.91. The van der Waals surface area contributed by atoms with Gasteiger partial charge in [0.05, 0.1) is 0 Å². The number of nitriles is 1. The molecule has 1 aromatic heterocycles. The van der Waals surface area contributed by atoms with E-state index in [0.29, 0.717) is 23.5 Å². The molecule has 0 N–H and O–H groups in total. The Morgan fingerprint density at radius 1 is 1.33 bits per heavy atom. The molecular formula is C17H15NO2S. The minimum absolute atomic E-state index is 0.242. The largest absolute Gasteiger partial charge is 0.427 e. The molecular weight excluding hydrogens is 282 g/mol. The average Bonchev–Trinajstić information content (AvgIpc) is 2.97. The number of esters is 1. The first-order valence-corrected chi connectivity index (χ1v) is 7.52. The summed E-state index contributed by atoms with van der Waals surface area (Å²) in [5.74, 6) is 0.284. The van der Waals surface area contributed by atoms with E-state index in [1.807, 2.05) is 42.7 Å². The lowest BCUT2D eigenvalue weighted by molar-refractivity contribution is -0.134. The molecule has 0 spiro atoms. The van der Waals surface area contributed by atoms with Gasteiger partial charge in [-0.25, -0.2) is 0 Å².